The first-order valence-electron chi connectivity index (χ1n) is 7.29. The number of anilines is 1. The molecule has 0 unspecified atom stereocenters. The molecule has 1 N–H and O–H groups in total. The number of carbonyl (C=O) groups is 1. The van der Waals surface area contributed by atoms with Crippen molar-refractivity contribution < 1.29 is 22.7 Å². The molecule has 0 aliphatic rings. The van der Waals surface area contributed by atoms with E-state index in [2.05, 4.69) is 10.3 Å². The molecule has 3 rings (SSSR count). The second kappa shape index (κ2) is 6.72. The van der Waals surface area contributed by atoms with Crippen LogP contribution >= 0.6 is 11.3 Å². The molecule has 0 aliphatic heterocycles. The number of rotatable bonds is 4. The number of hydrogen-bond donors (Lipinski definition) is 1. The Morgan fingerprint density at radius 1 is 1.24 bits per heavy atom. The van der Waals surface area contributed by atoms with Gasteiger partial charge in [0.1, 0.15) is 5.75 Å². The first-order valence-corrected chi connectivity index (χ1v) is 8.10. The third-order valence-corrected chi connectivity index (χ3v) is 4.27. The van der Waals surface area contributed by atoms with Crippen LogP contribution in [0.15, 0.2) is 42.5 Å². The summed E-state index contributed by atoms with van der Waals surface area (Å²) in [6, 6.07) is 11.0. The number of fused-ring (bicyclic) bond motifs is 1. The van der Waals surface area contributed by atoms with Crippen LogP contribution in [0.4, 0.5) is 18.3 Å². The molecule has 4 nitrogen and oxygen atoms in total. The molecule has 3 aromatic rings. The van der Waals surface area contributed by atoms with Crippen LogP contribution in [0.1, 0.15) is 11.1 Å². The number of aromatic nitrogens is 1. The highest BCUT2D eigenvalue weighted by Crippen LogP contribution is 2.37. The fourth-order valence-electron chi connectivity index (χ4n) is 2.24. The van der Waals surface area contributed by atoms with Crippen LogP contribution in [0, 0.1) is 6.92 Å². The molecule has 0 aliphatic carbocycles. The summed E-state index contributed by atoms with van der Waals surface area (Å²) in [5.41, 5.74) is -0.00331. The zero-order valence-corrected chi connectivity index (χ0v) is 13.9. The van der Waals surface area contributed by atoms with Crippen molar-refractivity contribution in [2.24, 2.45) is 0 Å². The number of nitrogens with one attached hydrogen (secondary N) is 1. The van der Waals surface area contributed by atoms with Crippen molar-refractivity contribution in [2.75, 3.05) is 11.9 Å². The molecule has 2 aromatic carbocycles. The van der Waals surface area contributed by atoms with Gasteiger partial charge in [-0.05, 0) is 36.8 Å². The van der Waals surface area contributed by atoms with Gasteiger partial charge in [-0.2, -0.15) is 13.2 Å². The van der Waals surface area contributed by atoms with Gasteiger partial charge in [-0.25, -0.2) is 4.98 Å². The van der Waals surface area contributed by atoms with Gasteiger partial charge in [-0.15, -0.1) is 0 Å². The average molecular weight is 366 g/mol. The molecule has 0 radical (unpaired) electrons. The second-order valence-electron chi connectivity index (χ2n) is 5.32. The molecule has 8 heteroatoms. The summed E-state index contributed by atoms with van der Waals surface area (Å²) in [5.74, 6) is 0.0490. The summed E-state index contributed by atoms with van der Waals surface area (Å²) >= 11 is 0.981. The molecule has 1 amide bonds. The predicted octanol–water partition coefficient (Wildman–Crippen LogP) is 4.64. The van der Waals surface area contributed by atoms with Crippen molar-refractivity contribution in [3.63, 3.8) is 0 Å². The molecule has 1 aromatic heterocycles. The van der Waals surface area contributed by atoms with Gasteiger partial charge in [0.15, 0.2) is 11.7 Å². The Hall–Kier alpha value is -2.61. The van der Waals surface area contributed by atoms with Crippen LogP contribution in [-0.4, -0.2) is 17.5 Å². The van der Waals surface area contributed by atoms with E-state index in [1.54, 1.807) is 18.2 Å². The largest absolute Gasteiger partial charge is 0.484 e. The lowest BCUT2D eigenvalue weighted by Gasteiger charge is -2.06. The Kier molecular flexibility index (Phi) is 4.63. The minimum Gasteiger partial charge on any atom is -0.484 e. The van der Waals surface area contributed by atoms with Gasteiger partial charge >= 0.3 is 6.18 Å². The van der Waals surface area contributed by atoms with Gasteiger partial charge in [0.25, 0.3) is 5.91 Å². The van der Waals surface area contributed by atoms with E-state index in [4.69, 9.17) is 4.74 Å². The molecule has 130 valence electrons. The summed E-state index contributed by atoms with van der Waals surface area (Å²) in [6.07, 6.45) is -4.50. The second-order valence-corrected chi connectivity index (χ2v) is 6.35. The summed E-state index contributed by atoms with van der Waals surface area (Å²) in [7, 11) is 0. The number of benzene rings is 2. The van der Waals surface area contributed by atoms with E-state index in [0.717, 1.165) is 23.0 Å². The van der Waals surface area contributed by atoms with Crippen molar-refractivity contribution in [2.45, 2.75) is 13.1 Å². The summed E-state index contributed by atoms with van der Waals surface area (Å²) in [6.45, 7) is 1.64. The first kappa shape index (κ1) is 17.2. The number of nitrogens with zero attached hydrogens (tertiary/aromatic N) is 1. The first-order chi connectivity index (χ1) is 11.8. The number of carbonyl (C=O) groups excluding carboxylic acids is 1. The van der Waals surface area contributed by atoms with Crippen molar-refractivity contribution in [3.8, 4) is 5.75 Å². The van der Waals surface area contributed by atoms with E-state index < -0.39 is 17.6 Å². The topological polar surface area (TPSA) is 51.2 Å². The van der Waals surface area contributed by atoms with Crippen LogP contribution in [0.25, 0.3) is 10.2 Å². The lowest BCUT2D eigenvalue weighted by atomic mass is 10.2. The number of thiazole rings is 1. The monoisotopic (exact) mass is 366 g/mol. The van der Waals surface area contributed by atoms with Gasteiger partial charge in [0.2, 0.25) is 0 Å². The van der Waals surface area contributed by atoms with Crippen molar-refractivity contribution >= 4 is 32.6 Å². The fourth-order valence-corrected chi connectivity index (χ4v) is 3.15. The summed E-state index contributed by atoms with van der Waals surface area (Å²) < 4.78 is 44.7. The Morgan fingerprint density at radius 3 is 2.72 bits per heavy atom. The van der Waals surface area contributed by atoms with Crippen LogP contribution in [0.3, 0.4) is 0 Å². The maximum absolute atomic E-state index is 13.0. The maximum atomic E-state index is 13.0. The summed E-state index contributed by atoms with van der Waals surface area (Å²) in [4.78, 5) is 15.8. The Balaban J connectivity index is 1.71. The van der Waals surface area contributed by atoms with Gasteiger partial charge in [-0.3, -0.25) is 10.1 Å². The standard InChI is InChI=1S/C17H13F3N2O2S/c1-10-4-2-5-11(8-10)24-9-14(23)21-16-22-15-12(17(18,19)20)6-3-7-13(15)25-16/h2-8H,9H2,1H3,(H,21,22,23). The summed E-state index contributed by atoms with van der Waals surface area (Å²) in [5, 5.41) is 2.57. The molecule has 1 heterocycles. The number of amides is 1. The zero-order chi connectivity index (χ0) is 18.0. The molecule has 0 saturated heterocycles. The normalized spacial score (nSPS) is 11.5. The molecule has 0 fully saturated rings. The minimum absolute atomic E-state index is 0.101. The van der Waals surface area contributed by atoms with Crippen molar-refractivity contribution in [3.05, 3.63) is 53.6 Å². The highest BCUT2D eigenvalue weighted by Gasteiger charge is 2.33. The van der Waals surface area contributed by atoms with Crippen LogP contribution < -0.4 is 10.1 Å². The third-order valence-electron chi connectivity index (χ3n) is 3.33. The SMILES string of the molecule is Cc1cccc(OCC(=O)Nc2nc3c(C(F)(F)F)cccc3s2)c1. The Morgan fingerprint density at radius 2 is 2.00 bits per heavy atom. The lowest BCUT2D eigenvalue weighted by molar-refractivity contribution is -0.136. The molecule has 0 atom stereocenters. The maximum Gasteiger partial charge on any atom is 0.418 e. The number of hydrogen-bond acceptors (Lipinski definition) is 4. The van der Waals surface area contributed by atoms with Crippen molar-refractivity contribution in [1.82, 2.24) is 4.98 Å². The molecule has 0 spiro atoms. The number of aryl methyl sites for hydroxylation is 1. The van der Waals surface area contributed by atoms with E-state index in [-0.39, 0.29) is 17.3 Å². The predicted molar refractivity (Wildman–Crippen MR) is 89.9 cm³/mol. The van der Waals surface area contributed by atoms with E-state index in [1.165, 1.54) is 12.1 Å². The highest BCUT2D eigenvalue weighted by atomic mass is 32.1. The number of ether oxygens (including phenoxy) is 1. The number of alkyl halides is 3. The van der Waals surface area contributed by atoms with Crippen LogP contribution in [0.5, 0.6) is 5.75 Å². The van der Waals surface area contributed by atoms with E-state index in [9.17, 15) is 18.0 Å². The lowest BCUT2D eigenvalue weighted by Crippen LogP contribution is -2.20. The van der Waals surface area contributed by atoms with Crippen molar-refractivity contribution in [1.29, 1.82) is 0 Å². The van der Waals surface area contributed by atoms with Crippen LogP contribution in [-0.2, 0) is 11.0 Å². The highest BCUT2D eigenvalue weighted by molar-refractivity contribution is 7.22. The molecule has 25 heavy (non-hydrogen) atoms. The Bertz CT molecular complexity index is 922. The van der Waals surface area contributed by atoms with Gasteiger partial charge in [0.05, 0.1) is 15.8 Å². The quantitative estimate of drug-likeness (QED) is 0.732. The number of halogens is 3. The van der Waals surface area contributed by atoms with E-state index in [0.29, 0.717) is 10.4 Å². The molecular formula is C17H13F3N2O2S. The smallest absolute Gasteiger partial charge is 0.418 e. The third kappa shape index (κ3) is 4.08. The van der Waals surface area contributed by atoms with E-state index >= 15 is 0 Å². The van der Waals surface area contributed by atoms with Gasteiger partial charge in [0, 0.05) is 0 Å². The van der Waals surface area contributed by atoms with Crippen LogP contribution in [0.2, 0.25) is 0 Å². The zero-order valence-electron chi connectivity index (χ0n) is 13.1. The van der Waals surface area contributed by atoms with Gasteiger partial charge < -0.3 is 4.74 Å². The molecular weight excluding hydrogens is 353 g/mol. The fraction of sp³-hybridized carbons (Fsp3) is 0.176. The number of para-hydroxylation sites is 1. The molecule has 0 bridgehead atoms. The van der Waals surface area contributed by atoms with E-state index in [1.807, 2.05) is 13.0 Å². The minimum atomic E-state index is -4.50. The molecule has 0 saturated carbocycles. The van der Waals surface area contributed by atoms with Gasteiger partial charge in [-0.1, -0.05) is 29.5 Å². The average Bonchev–Trinajstić information content (AvgIpc) is 2.94. The Labute approximate surface area is 145 Å².